The molecule has 0 saturated heterocycles. The van der Waals surface area contributed by atoms with Gasteiger partial charge in [0.05, 0.1) is 24.6 Å². The predicted molar refractivity (Wildman–Crippen MR) is 127 cm³/mol. The van der Waals surface area contributed by atoms with Crippen LogP contribution in [0.5, 0.6) is 5.75 Å². The van der Waals surface area contributed by atoms with Crippen LogP contribution in [0.3, 0.4) is 0 Å². The summed E-state index contributed by atoms with van der Waals surface area (Å²) in [5, 5.41) is 17.8. The van der Waals surface area contributed by atoms with Crippen LogP contribution in [0, 0.1) is 11.3 Å². The molecule has 1 aromatic heterocycles. The number of benzene rings is 3. The highest BCUT2D eigenvalue weighted by Crippen LogP contribution is 2.36. The zero-order valence-electron chi connectivity index (χ0n) is 17.2. The molecule has 0 bridgehead atoms. The summed E-state index contributed by atoms with van der Waals surface area (Å²) in [6.45, 7) is 4.10. The van der Waals surface area contributed by atoms with Crippen molar-refractivity contribution < 1.29 is 4.74 Å². The number of pyridine rings is 1. The number of nitrogens with zero attached hydrogens (tertiary/aromatic N) is 2. The van der Waals surface area contributed by atoms with Crippen LogP contribution in [0.25, 0.3) is 22.0 Å². The predicted octanol–water partition coefficient (Wildman–Crippen LogP) is 6.15. The van der Waals surface area contributed by atoms with E-state index in [-0.39, 0.29) is 0 Å². The third-order valence-electron chi connectivity index (χ3n) is 4.96. The number of rotatable bonds is 7. The maximum absolute atomic E-state index is 9.04. The van der Waals surface area contributed by atoms with E-state index in [2.05, 4.69) is 46.5 Å². The van der Waals surface area contributed by atoms with Crippen LogP contribution in [0.2, 0.25) is 0 Å². The second kappa shape index (κ2) is 9.02. The maximum Gasteiger partial charge on any atom is 0.142 e. The highest BCUT2D eigenvalue weighted by molar-refractivity contribution is 5.99. The van der Waals surface area contributed by atoms with Crippen LogP contribution in [0.1, 0.15) is 0 Å². The van der Waals surface area contributed by atoms with Gasteiger partial charge in [-0.05, 0) is 41.8 Å². The van der Waals surface area contributed by atoms with Gasteiger partial charge in [-0.25, -0.2) is 0 Å². The lowest BCUT2D eigenvalue weighted by Gasteiger charge is -2.15. The van der Waals surface area contributed by atoms with Gasteiger partial charge in [0, 0.05) is 40.6 Å². The molecule has 1 heterocycles. The summed E-state index contributed by atoms with van der Waals surface area (Å²) in [5.41, 5.74) is 5.11. The monoisotopic (exact) mass is 406 g/mol. The van der Waals surface area contributed by atoms with E-state index < -0.39 is 0 Å². The normalized spacial score (nSPS) is 10.3. The second-order valence-electron chi connectivity index (χ2n) is 7.07. The molecule has 0 amide bonds. The van der Waals surface area contributed by atoms with Crippen LogP contribution >= 0.6 is 0 Å². The third kappa shape index (κ3) is 4.49. The van der Waals surface area contributed by atoms with Gasteiger partial charge in [-0.15, -0.1) is 0 Å². The van der Waals surface area contributed by atoms with E-state index in [9.17, 15) is 0 Å². The first-order chi connectivity index (χ1) is 15.2. The van der Waals surface area contributed by atoms with Crippen molar-refractivity contribution >= 4 is 27.8 Å². The van der Waals surface area contributed by atoms with E-state index in [0.29, 0.717) is 17.9 Å². The Kier molecular flexibility index (Phi) is 5.82. The standard InChI is InChI=1S/C26H22N4O/c1-18(16-27)17-29-26-23-14-20(9-8-19(23)10-11-25(26)31-2)24-15-22(12-13-28-24)30-21-6-4-3-5-7-21/h3-15,29H,1,17H2,2H3,(H,28,30). The molecule has 3 aromatic carbocycles. The van der Waals surface area contributed by atoms with Crippen molar-refractivity contribution in [3.63, 3.8) is 0 Å². The Morgan fingerprint density at radius 1 is 1.03 bits per heavy atom. The van der Waals surface area contributed by atoms with E-state index >= 15 is 0 Å². The number of fused-ring (bicyclic) bond motifs is 1. The zero-order valence-corrected chi connectivity index (χ0v) is 17.2. The number of hydrogen-bond donors (Lipinski definition) is 2. The van der Waals surface area contributed by atoms with Crippen molar-refractivity contribution in [1.82, 2.24) is 4.98 Å². The van der Waals surface area contributed by atoms with Gasteiger partial charge in [-0.2, -0.15) is 5.26 Å². The number of nitrogens with one attached hydrogen (secondary N) is 2. The summed E-state index contributed by atoms with van der Waals surface area (Å²) in [6, 6.07) is 26.2. The van der Waals surface area contributed by atoms with Gasteiger partial charge in [0.1, 0.15) is 5.75 Å². The first-order valence-electron chi connectivity index (χ1n) is 9.89. The molecule has 0 aliphatic carbocycles. The van der Waals surface area contributed by atoms with Crippen LogP contribution < -0.4 is 15.4 Å². The molecular formula is C26H22N4O. The van der Waals surface area contributed by atoms with Gasteiger partial charge in [-0.1, -0.05) is 43.0 Å². The minimum Gasteiger partial charge on any atom is -0.495 e. The zero-order chi connectivity index (χ0) is 21.6. The second-order valence-corrected chi connectivity index (χ2v) is 7.07. The molecule has 152 valence electrons. The fraction of sp³-hybridized carbons (Fsp3) is 0.0769. The molecule has 0 fully saturated rings. The number of anilines is 3. The molecule has 5 heteroatoms. The molecule has 0 spiro atoms. The Morgan fingerprint density at radius 2 is 1.84 bits per heavy atom. The van der Waals surface area contributed by atoms with Crippen molar-refractivity contribution in [2.24, 2.45) is 0 Å². The molecule has 2 N–H and O–H groups in total. The van der Waals surface area contributed by atoms with E-state index in [4.69, 9.17) is 10.00 Å². The molecular weight excluding hydrogens is 384 g/mol. The lowest BCUT2D eigenvalue weighted by Crippen LogP contribution is -2.05. The summed E-state index contributed by atoms with van der Waals surface area (Å²) in [5.74, 6) is 0.711. The van der Waals surface area contributed by atoms with Crippen molar-refractivity contribution in [3.8, 4) is 23.1 Å². The largest absolute Gasteiger partial charge is 0.495 e. The summed E-state index contributed by atoms with van der Waals surface area (Å²) < 4.78 is 5.55. The summed E-state index contributed by atoms with van der Waals surface area (Å²) in [6.07, 6.45) is 1.80. The molecule has 0 aliphatic rings. The molecule has 0 atom stereocenters. The lowest BCUT2D eigenvalue weighted by atomic mass is 10.0. The van der Waals surface area contributed by atoms with Crippen LogP contribution in [0.15, 0.2) is 91.1 Å². The molecule has 0 aliphatic heterocycles. The number of hydrogen-bond acceptors (Lipinski definition) is 5. The minimum atomic E-state index is 0.352. The summed E-state index contributed by atoms with van der Waals surface area (Å²) >= 11 is 0. The van der Waals surface area contributed by atoms with Gasteiger partial charge in [0.15, 0.2) is 0 Å². The highest BCUT2D eigenvalue weighted by Gasteiger charge is 2.11. The average molecular weight is 406 g/mol. The molecule has 0 saturated carbocycles. The number of para-hydroxylation sites is 1. The topological polar surface area (TPSA) is 70.0 Å². The van der Waals surface area contributed by atoms with Gasteiger partial charge in [0.25, 0.3) is 0 Å². The molecule has 4 rings (SSSR count). The van der Waals surface area contributed by atoms with Crippen LogP contribution in [-0.4, -0.2) is 18.6 Å². The van der Waals surface area contributed by atoms with Gasteiger partial charge in [-0.3, -0.25) is 4.98 Å². The Bertz CT molecular complexity index is 1280. The van der Waals surface area contributed by atoms with Crippen molar-refractivity contribution in [2.45, 2.75) is 0 Å². The van der Waals surface area contributed by atoms with E-state index in [1.165, 1.54) is 0 Å². The quantitative estimate of drug-likeness (QED) is 0.361. The number of ether oxygens (including phenoxy) is 1. The number of methoxy groups -OCH3 is 1. The van der Waals surface area contributed by atoms with Gasteiger partial charge < -0.3 is 15.4 Å². The molecule has 4 aromatic rings. The molecule has 31 heavy (non-hydrogen) atoms. The average Bonchev–Trinajstić information content (AvgIpc) is 2.82. The van der Waals surface area contributed by atoms with Gasteiger partial charge in [0.2, 0.25) is 0 Å². The van der Waals surface area contributed by atoms with E-state index in [1.807, 2.05) is 54.6 Å². The molecule has 5 nitrogen and oxygen atoms in total. The van der Waals surface area contributed by atoms with E-state index in [1.54, 1.807) is 13.3 Å². The Labute approximate surface area is 181 Å². The molecule has 0 radical (unpaired) electrons. The highest BCUT2D eigenvalue weighted by atomic mass is 16.5. The fourth-order valence-electron chi connectivity index (χ4n) is 3.40. The smallest absolute Gasteiger partial charge is 0.142 e. The van der Waals surface area contributed by atoms with Crippen LogP contribution in [0.4, 0.5) is 17.1 Å². The minimum absolute atomic E-state index is 0.352. The third-order valence-corrected chi connectivity index (χ3v) is 4.96. The summed E-state index contributed by atoms with van der Waals surface area (Å²) in [4.78, 5) is 4.57. The fourth-order valence-corrected chi connectivity index (χ4v) is 3.40. The number of nitriles is 1. The SMILES string of the molecule is C=C(C#N)CNc1c(OC)ccc2ccc(-c3cc(Nc4ccccc4)ccn3)cc12. The lowest BCUT2D eigenvalue weighted by molar-refractivity contribution is 0.417. The Balaban J connectivity index is 1.72. The maximum atomic E-state index is 9.04. The molecule has 0 unspecified atom stereocenters. The van der Waals surface area contributed by atoms with Crippen LogP contribution in [-0.2, 0) is 0 Å². The summed E-state index contributed by atoms with van der Waals surface area (Å²) in [7, 11) is 1.63. The van der Waals surface area contributed by atoms with Crippen molar-refractivity contribution in [1.29, 1.82) is 5.26 Å². The number of aromatic nitrogens is 1. The first-order valence-corrected chi connectivity index (χ1v) is 9.89. The first kappa shape index (κ1) is 20.0. The van der Waals surface area contributed by atoms with Crippen molar-refractivity contribution in [3.05, 3.63) is 91.1 Å². The van der Waals surface area contributed by atoms with Crippen molar-refractivity contribution in [2.75, 3.05) is 24.3 Å². The Morgan fingerprint density at radius 3 is 2.61 bits per heavy atom. The van der Waals surface area contributed by atoms with Gasteiger partial charge >= 0.3 is 0 Å². The van der Waals surface area contributed by atoms with E-state index in [0.717, 1.165) is 39.1 Å². The Hall–Kier alpha value is -4.30.